The largest absolute Gasteiger partial charge is 0.370 e. The molecule has 76 valence electrons. The van der Waals surface area contributed by atoms with Gasteiger partial charge in [0.2, 0.25) is 11.8 Å². The summed E-state index contributed by atoms with van der Waals surface area (Å²) in [4.78, 5) is 21.0. The molecule has 0 saturated carbocycles. The highest BCUT2D eigenvalue weighted by molar-refractivity contribution is 5.77. The minimum atomic E-state index is -0.272. The Labute approximate surface area is 78.1 Å². The van der Waals surface area contributed by atoms with E-state index in [4.69, 9.17) is 5.73 Å². The molecule has 0 saturated heterocycles. The summed E-state index contributed by atoms with van der Waals surface area (Å²) in [6.07, 6.45) is 2.05. The normalized spacial score (nSPS) is 9.62. The first-order chi connectivity index (χ1) is 6.16. The molecule has 0 unspecified atom stereocenters. The van der Waals surface area contributed by atoms with Gasteiger partial charge in [-0.15, -0.1) is 0 Å². The molecule has 0 heterocycles. The van der Waals surface area contributed by atoms with Crippen LogP contribution in [0.4, 0.5) is 0 Å². The molecular weight excluding hydrogens is 170 g/mol. The van der Waals surface area contributed by atoms with Crippen LogP contribution < -0.4 is 16.4 Å². The number of nitrogens with two attached hydrogens (primary N) is 1. The van der Waals surface area contributed by atoms with Crippen molar-refractivity contribution in [3.05, 3.63) is 0 Å². The van der Waals surface area contributed by atoms with E-state index in [2.05, 4.69) is 10.6 Å². The number of amides is 2. The van der Waals surface area contributed by atoms with Gasteiger partial charge in [0.25, 0.3) is 0 Å². The van der Waals surface area contributed by atoms with Crippen molar-refractivity contribution in [2.24, 2.45) is 5.73 Å². The molecule has 0 aliphatic rings. The SMILES string of the molecule is CNC(=O)CNCCCCC(N)=O. The van der Waals surface area contributed by atoms with E-state index in [1.807, 2.05) is 0 Å². The Morgan fingerprint density at radius 1 is 1.31 bits per heavy atom. The third-order valence-corrected chi connectivity index (χ3v) is 1.59. The summed E-state index contributed by atoms with van der Waals surface area (Å²) in [6.45, 7) is 1.06. The van der Waals surface area contributed by atoms with Crippen molar-refractivity contribution in [2.75, 3.05) is 20.1 Å². The number of hydrogen-bond donors (Lipinski definition) is 3. The monoisotopic (exact) mass is 187 g/mol. The van der Waals surface area contributed by atoms with E-state index in [-0.39, 0.29) is 11.8 Å². The van der Waals surface area contributed by atoms with Gasteiger partial charge in [0.1, 0.15) is 0 Å². The number of carbonyl (C=O) groups is 2. The Hall–Kier alpha value is -1.10. The summed E-state index contributed by atoms with van der Waals surface area (Å²) in [5.41, 5.74) is 4.95. The molecule has 13 heavy (non-hydrogen) atoms. The molecule has 0 aliphatic carbocycles. The molecule has 2 amide bonds. The molecule has 4 N–H and O–H groups in total. The van der Waals surface area contributed by atoms with Gasteiger partial charge >= 0.3 is 0 Å². The van der Waals surface area contributed by atoms with Crippen molar-refractivity contribution in [1.82, 2.24) is 10.6 Å². The zero-order valence-corrected chi connectivity index (χ0v) is 7.93. The fourth-order valence-electron chi connectivity index (χ4n) is 0.840. The molecular formula is C8H17N3O2. The van der Waals surface area contributed by atoms with Crippen molar-refractivity contribution >= 4 is 11.8 Å². The second-order valence-corrected chi connectivity index (χ2v) is 2.77. The van der Waals surface area contributed by atoms with E-state index < -0.39 is 0 Å². The number of nitrogens with one attached hydrogen (secondary N) is 2. The number of rotatable bonds is 7. The first kappa shape index (κ1) is 11.9. The molecule has 0 aromatic heterocycles. The van der Waals surface area contributed by atoms with E-state index in [1.54, 1.807) is 7.05 Å². The van der Waals surface area contributed by atoms with Crippen LogP contribution in [0.5, 0.6) is 0 Å². The number of likely N-dealkylation sites (N-methyl/N-ethyl adjacent to an activating group) is 1. The molecule has 0 rings (SSSR count). The van der Waals surface area contributed by atoms with E-state index in [0.717, 1.165) is 19.4 Å². The van der Waals surface area contributed by atoms with Gasteiger partial charge in [-0.2, -0.15) is 0 Å². The van der Waals surface area contributed by atoms with Gasteiger partial charge in [-0.25, -0.2) is 0 Å². The highest BCUT2D eigenvalue weighted by Crippen LogP contribution is 1.91. The van der Waals surface area contributed by atoms with Gasteiger partial charge in [-0.05, 0) is 19.4 Å². The quantitative estimate of drug-likeness (QED) is 0.446. The lowest BCUT2D eigenvalue weighted by atomic mass is 10.2. The zero-order chi connectivity index (χ0) is 10.1. The Bertz CT molecular complexity index is 171. The van der Waals surface area contributed by atoms with Crippen molar-refractivity contribution in [1.29, 1.82) is 0 Å². The predicted octanol–water partition coefficient (Wildman–Crippen LogP) is -1.02. The van der Waals surface area contributed by atoms with Crippen molar-refractivity contribution in [2.45, 2.75) is 19.3 Å². The van der Waals surface area contributed by atoms with Gasteiger partial charge in [0, 0.05) is 13.5 Å². The second kappa shape index (κ2) is 7.54. The average Bonchev–Trinajstić information content (AvgIpc) is 2.10. The van der Waals surface area contributed by atoms with E-state index in [1.165, 1.54) is 0 Å². The average molecular weight is 187 g/mol. The third-order valence-electron chi connectivity index (χ3n) is 1.59. The summed E-state index contributed by atoms with van der Waals surface area (Å²) in [6, 6.07) is 0. The molecule has 0 fully saturated rings. The molecule has 5 heteroatoms. The van der Waals surface area contributed by atoms with Crippen LogP contribution in [0.1, 0.15) is 19.3 Å². The van der Waals surface area contributed by atoms with E-state index in [0.29, 0.717) is 13.0 Å². The lowest BCUT2D eigenvalue weighted by Gasteiger charge is -2.02. The van der Waals surface area contributed by atoms with Gasteiger partial charge < -0.3 is 16.4 Å². The van der Waals surface area contributed by atoms with Crippen LogP contribution in [0, 0.1) is 0 Å². The summed E-state index contributed by atoms with van der Waals surface area (Å²) < 4.78 is 0. The predicted molar refractivity (Wildman–Crippen MR) is 50.0 cm³/mol. The van der Waals surface area contributed by atoms with Gasteiger partial charge in [-0.1, -0.05) is 0 Å². The van der Waals surface area contributed by atoms with Crippen LogP contribution in [-0.4, -0.2) is 32.0 Å². The molecule has 0 aromatic rings. The number of unbranched alkanes of at least 4 members (excludes halogenated alkanes) is 1. The lowest BCUT2D eigenvalue weighted by molar-refractivity contribution is -0.120. The third kappa shape index (κ3) is 8.81. The second-order valence-electron chi connectivity index (χ2n) is 2.77. The van der Waals surface area contributed by atoms with Gasteiger partial charge in [0.15, 0.2) is 0 Å². The molecule has 0 aromatic carbocycles. The minimum Gasteiger partial charge on any atom is -0.370 e. The highest BCUT2D eigenvalue weighted by Gasteiger charge is 1.96. The topological polar surface area (TPSA) is 84.2 Å². The van der Waals surface area contributed by atoms with Crippen LogP contribution in [0.3, 0.4) is 0 Å². The Morgan fingerprint density at radius 2 is 2.00 bits per heavy atom. The molecule has 5 nitrogen and oxygen atoms in total. The Balaban J connectivity index is 3.08. The van der Waals surface area contributed by atoms with Crippen LogP contribution in [0.2, 0.25) is 0 Å². The molecule has 0 spiro atoms. The van der Waals surface area contributed by atoms with Crippen LogP contribution in [-0.2, 0) is 9.59 Å². The number of primary amides is 1. The molecule has 0 atom stereocenters. The Morgan fingerprint density at radius 3 is 2.54 bits per heavy atom. The molecule has 0 radical (unpaired) electrons. The van der Waals surface area contributed by atoms with Crippen LogP contribution >= 0.6 is 0 Å². The molecule has 0 bridgehead atoms. The summed E-state index contributed by atoms with van der Waals surface area (Å²) in [5, 5.41) is 5.44. The van der Waals surface area contributed by atoms with Crippen LogP contribution in [0.25, 0.3) is 0 Å². The maximum atomic E-state index is 10.7. The summed E-state index contributed by atoms with van der Waals surface area (Å²) >= 11 is 0. The van der Waals surface area contributed by atoms with Crippen LogP contribution in [0.15, 0.2) is 0 Å². The van der Waals surface area contributed by atoms with E-state index >= 15 is 0 Å². The zero-order valence-electron chi connectivity index (χ0n) is 7.93. The summed E-state index contributed by atoms with van der Waals surface area (Å²) in [5.74, 6) is -0.304. The highest BCUT2D eigenvalue weighted by atomic mass is 16.2. The standard InChI is InChI=1S/C8H17N3O2/c1-10-8(13)6-11-5-3-2-4-7(9)12/h11H,2-6H2,1H3,(H2,9,12)(H,10,13). The number of carbonyl (C=O) groups excluding carboxylic acids is 2. The van der Waals surface area contributed by atoms with E-state index in [9.17, 15) is 9.59 Å². The lowest BCUT2D eigenvalue weighted by Crippen LogP contribution is -2.31. The van der Waals surface area contributed by atoms with Gasteiger partial charge in [0.05, 0.1) is 6.54 Å². The maximum absolute atomic E-state index is 10.7. The van der Waals surface area contributed by atoms with Crippen molar-refractivity contribution < 1.29 is 9.59 Å². The summed E-state index contributed by atoms with van der Waals surface area (Å²) in [7, 11) is 1.59. The van der Waals surface area contributed by atoms with Gasteiger partial charge in [-0.3, -0.25) is 9.59 Å². The minimum absolute atomic E-state index is 0.0325. The number of hydrogen-bond acceptors (Lipinski definition) is 3. The first-order valence-electron chi connectivity index (χ1n) is 4.36. The van der Waals surface area contributed by atoms with Crippen molar-refractivity contribution in [3.8, 4) is 0 Å². The first-order valence-corrected chi connectivity index (χ1v) is 4.36. The fourth-order valence-corrected chi connectivity index (χ4v) is 0.840. The van der Waals surface area contributed by atoms with Crippen molar-refractivity contribution in [3.63, 3.8) is 0 Å². The molecule has 0 aliphatic heterocycles. The Kier molecular flexibility index (Phi) is 6.91. The smallest absolute Gasteiger partial charge is 0.233 e. The fraction of sp³-hybridized carbons (Fsp3) is 0.750. The maximum Gasteiger partial charge on any atom is 0.233 e.